The first-order valence-electron chi connectivity index (χ1n) is 5.89. The van der Waals surface area contributed by atoms with Gasteiger partial charge in [0.1, 0.15) is 0 Å². The van der Waals surface area contributed by atoms with Crippen LogP contribution in [0.25, 0.3) is 0 Å². The topological polar surface area (TPSA) is 90.9 Å². The molecule has 0 aromatic carbocycles. The predicted octanol–water partition coefficient (Wildman–Crippen LogP) is 0.652. The highest BCUT2D eigenvalue weighted by Crippen LogP contribution is 2.31. The molecule has 1 saturated carbocycles. The van der Waals surface area contributed by atoms with Crippen LogP contribution < -0.4 is 11.1 Å². The van der Waals surface area contributed by atoms with Gasteiger partial charge in [0.15, 0.2) is 5.84 Å². The average molecular weight is 229 g/mol. The highest BCUT2D eigenvalue weighted by molar-refractivity contribution is 5.84. The van der Waals surface area contributed by atoms with Crippen molar-refractivity contribution >= 4 is 5.84 Å². The van der Waals surface area contributed by atoms with Crippen LogP contribution in [-0.2, 0) is 0 Å². The molecule has 0 heterocycles. The second-order valence-electron chi connectivity index (χ2n) is 5.01. The van der Waals surface area contributed by atoms with Crippen LogP contribution in [0.3, 0.4) is 0 Å². The maximum Gasteiger partial charge on any atom is 0.156 e. The number of amidine groups is 1. The van der Waals surface area contributed by atoms with Crippen molar-refractivity contribution in [3.63, 3.8) is 0 Å². The molecule has 0 bridgehead atoms. The first-order valence-corrected chi connectivity index (χ1v) is 5.89. The summed E-state index contributed by atoms with van der Waals surface area (Å²) in [5.41, 5.74) is 5.27. The zero-order valence-electron chi connectivity index (χ0n) is 10.1. The number of nitrogens with two attached hydrogens (primary N) is 1. The normalized spacial score (nSPS) is 33.7. The third-order valence-electron chi connectivity index (χ3n) is 3.62. The van der Waals surface area contributed by atoms with E-state index in [-0.39, 0.29) is 24.0 Å². The van der Waals surface area contributed by atoms with Gasteiger partial charge in [-0.25, -0.2) is 0 Å². The number of nitrogens with one attached hydrogen (secondary N) is 1. The summed E-state index contributed by atoms with van der Waals surface area (Å²) in [6.07, 6.45) is 4.09. The number of nitrogens with zero attached hydrogens (tertiary/aromatic N) is 1. The lowest BCUT2D eigenvalue weighted by Gasteiger charge is -2.40. The predicted molar refractivity (Wildman–Crippen MR) is 63.5 cm³/mol. The van der Waals surface area contributed by atoms with E-state index in [1.165, 1.54) is 0 Å². The standard InChI is InChI=1S/C11H23N3O2/c1-8-3-5-11(7-15,6-4-8)13-9(2)10(12)14-16/h8-9,13,15-16H,3-7H2,1-2H3,(H2,12,14). The monoisotopic (exact) mass is 229 g/mol. The molecule has 0 spiro atoms. The minimum Gasteiger partial charge on any atom is -0.409 e. The molecule has 1 atom stereocenters. The van der Waals surface area contributed by atoms with Crippen LogP contribution in [0.4, 0.5) is 0 Å². The number of aliphatic hydroxyl groups excluding tert-OH is 1. The SMILES string of the molecule is CC1CCC(CO)(NC(C)C(N)=NO)CC1. The molecule has 0 amide bonds. The largest absolute Gasteiger partial charge is 0.409 e. The van der Waals surface area contributed by atoms with Crippen LogP contribution in [0.5, 0.6) is 0 Å². The van der Waals surface area contributed by atoms with Gasteiger partial charge in [-0.15, -0.1) is 0 Å². The number of oxime groups is 1. The molecule has 1 aliphatic carbocycles. The molecule has 0 aromatic heterocycles. The van der Waals surface area contributed by atoms with Crippen molar-refractivity contribution in [3.8, 4) is 0 Å². The quantitative estimate of drug-likeness (QED) is 0.246. The third-order valence-corrected chi connectivity index (χ3v) is 3.62. The van der Waals surface area contributed by atoms with Crippen molar-refractivity contribution in [1.82, 2.24) is 5.32 Å². The van der Waals surface area contributed by atoms with Crippen LogP contribution in [0, 0.1) is 5.92 Å². The maximum atomic E-state index is 9.53. The number of hydrogen-bond donors (Lipinski definition) is 4. The third kappa shape index (κ3) is 3.09. The molecule has 5 nitrogen and oxygen atoms in total. The maximum absolute atomic E-state index is 9.53. The second-order valence-corrected chi connectivity index (χ2v) is 5.01. The Balaban J connectivity index is 2.60. The van der Waals surface area contributed by atoms with Crippen LogP contribution in [-0.4, -0.2) is 34.3 Å². The van der Waals surface area contributed by atoms with Gasteiger partial charge in [0.2, 0.25) is 0 Å². The molecule has 1 rings (SSSR count). The molecule has 5 N–H and O–H groups in total. The second kappa shape index (κ2) is 5.50. The molecule has 1 aliphatic rings. The first kappa shape index (κ1) is 13.3. The summed E-state index contributed by atoms with van der Waals surface area (Å²) < 4.78 is 0. The lowest BCUT2D eigenvalue weighted by Crippen LogP contribution is -2.57. The lowest BCUT2D eigenvalue weighted by atomic mass is 9.77. The minimum absolute atomic E-state index is 0.1000. The van der Waals surface area contributed by atoms with E-state index in [2.05, 4.69) is 17.4 Å². The number of hydrogen-bond acceptors (Lipinski definition) is 4. The molecule has 1 fully saturated rings. The Morgan fingerprint density at radius 2 is 2.12 bits per heavy atom. The summed E-state index contributed by atoms with van der Waals surface area (Å²) in [7, 11) is 0. The summed E-state index contributed by atoms with van der Waals surface area (Å²) in [6.45, 7) is 4.17. The molecule has 5 heteroatoms. The Labute approximate surface area is 96.7 Å². The Morgan fingerprint density at radius 3 is 2.56 bits per heavy atom. The average Bonchev–Trinajstić information content (AvgIpc) is 2.31. The highest BCUT2D eigenvalue weighted by Gasteiger charge is 2.35. The van der Waals surface area contributed by atoms with Gasteiger partial charge in [-0.3, -0.25) is 5.32 Å². The van der Waals surface area contributed by atoms with Gasteiger partial charge < -0.3 is 16.0 Å². The Kier molecular flexibility index (Phi) is 4.56. The zero-order valence-corrected chi connectivity index (χ0v) is 10.1. The van der Waals surface area contributed by atoms with Gasteiger partial charge in [-0.2, -0.15) is 0 Å². The molecule has 16 heavy (non-hydrogen) atoms. The van der Waals surface area contributed by atoms with Crippen molar-refractivity contribution in [2.45, 2.75) is 51.1 Å². The van der Waals surface area contributed by atoms with E-state index >= 15 is 0 Å². The molecular formula is C11H23N3O2. The van der Waals surface area contributed by atoms with Gasteiger partial charge in [0.25, 0.3) is 0 Å². The zero-order chi connectivity index (χ0) is 12.2. The van der Waals surface area contributed by atoms with Gasteiger partial charge in [-0.1, -0.05) is 12.1 Å². The molecule has 0 aliphatic heterocycles. The molecular weight excluding hydrogens is 206 g/mol. The summed E-state index contributed by atoms with van der Waals surface area (Å²) in [4.78, 5) is 0. The van der Waals surface area contributed by atoms with E-state index in [4.69, 9.17) is 10.9 Å². The van der Waals surface area contributed by atoms with Gasteiger partial charge in [-0.05, 0) is 38.5 Å². The fourth-order valence-corrected chi connectivity index (χ4v) is 2.28. The van der Waals surface area contributed by atoms with Crippen molar-refractivity contribution in [3.05, 3.63) is 0 Å². The van der Waals surface area contributed by atoms with Crippen molar-refractivity contribution in [2.24, 2.45) is 16.8 Å². The van der Waals surface area contributed by atoms with Crippen LogP contribution in [0.2, 0.25) is 0 Å². The van der Waals surface area contributed by atoms with Gasteiger partial charge in [0, 0.05) is 5.54 Å². The summed E-state index contributed by atoms with van der Waals surface area (Å²) in [5.74, 6) is 0.882. The van der Waals surface area contributed by atoms with E-state index in [1.54, 1.807) is 0 Å². The smallest absolute Gasteiger partial charge is 0.156 e. The van der Waals surface area contributed by atoms with E-state index in [0.717, 1.165) is 31.6 Å². The Bertz CT molecular complexity index is 248. The van der Waals surface area contributed by atoms with Gasteiger partial charge in [0.05, 0.1) is 12.6 Å². The van der Waals surface area contributed by atoms with Crippen LogP contribution in [0.15, 0.2) is 5.16 Å². The fourth-order valence-electron chi connectivity index (χ4n) is 2.28. The molecule has 94 valence electrons. The van der Waals surface area contributed by atoms with E-state index in [0.29, 0.717) is 0 Å². The fraction of sp³-hybridized carbons (Fsp3) is 0.909. The van der Waals surface area contributed by atoms with E-state index in [1.807, 2.05) is 6.92 Å². The molecule has 0 saturated heterocycles. The van der Waals surface area contributed by atoms with Crippen LogP contribution >= 0.6 is 0 Å². The first-order chi connectivity index (χ1) is 7.53. The Hall–Kier alpha value is -0.810. The van der Waals surface area contributed by atoms with Crippen LogP contribution in [0.1, 0.15) is 39.5 Å². The van der Waals surface area contributed by atoms with Crippen molar-refractivity contribution in [1.29, 1.82) is 0 Å². The minimum atomic E-state index is -0.263. The molecule has 0 radical (unpaired) electrons. The number of aliphatic hydroxyl groups is 1. The molecule has 0 aromatic rings. The van der Waals surface area contributed by atoms with E-state index < -0.39 is 0 Å². The van der Waals surface area contributed by atoms with Crippen molar-refractivity contribution < 1.29 is 10.3 Å². The summed E-state index contributed by atoms with van der Waals surface area (Å²) >= 11 is 0. The Morgan fingerprint density at radius 1 is 1.56 bits per heavy atom. The molecule has 1 unspecified atom stereocenters. The lowest BCUT2D eigenvalue weighted by molar-refractivity contribution is 0.102. The summed E-state index contributed by atoms with van der Waals surface area (Å²) in [6, 6.07) is -0.217. The number of rotatable bonds is 4. The highest BCUT2D eigenvalue weighted by atomic mass is 16.4. The summed E-state index contributed by atoms with van der Waals surface area (Å²) in [5, 5.41) is 24.4. The van der Waals surface area contributed by atoms with E-state index in [9.17, 15) is 5.11 Å². The van der Waals surface area contributed by atoms with Crippen molar-refractivity contribution in [2.75, 3.05) is 6.61 Å². The van der Waals surface area contributed by atoms with Gasteiger partial charge >= 0.3 is 0 Å².